The molecule has 57 heavy (non-hydrogen) atoms. The van der Waals surface area contributed by atoms with Gasteiger partial charge < -0.3 is 13.6 Å². The van der Waals surface area contributed by atoms with Gasteiger partial charge in [-0.15, -0.1) is 0 Å². The molecule has 0 spiro atoms. The maximum Gasteiger partial charge on any atom is 0.213 e. The molecule has 0 saturated carbocycles. The van der Waals surface area contributed by atoms with E-state index in [0.717, 1.165) is 55.4 Å². The van der Waals surface area contributed by atoms with Gasteiger partial charge in [0.1, 0.15) is 11.3 Å². The molecule has 0 amide bonds. The second kappa shape index (κ2) is 12.1. The van der Waals surface area contributed by atoms with E-state index in [-0.39, 0.29) is 21.7 Å². The highest BCUT2D eigenvalue weighted by Gasteiger charge is 2.29. The number of fused-ring (bicyclic) bond motifs is 9. The van der Waals surface area contributed by atoms with Crippen LogP contribution >= 0.6 is 0 Å². The van der Waals surface area contributed by atoms with Gasteiger partial charge >= 0.3 is 0 Å². The highest BCUT2D eigenvalue weighted by atomic mass is 16.3. The highest BCUT2D eigenvalue weighted by molar-refractivity contribution is 6.17. The summed E-state index contributed by atoms with van der Waals surface area (Å²) in [5.74, 6) is 0. The number of hydrogen-bond acceptors (Lipinski definition) is 1. The number of para-hydroxylation sites is 1. The fourth-order valence-electron chi connectivity index (χ4n) is 8.73. The van der Waals surface area contributed by atoms with E-state index < -0.39 is 0 Å². The third kappa shape index (κ3) is 5.69. The number of benzene rings is 6. The highest BCUT2D eigenvalue weighted by Crippen LogP contribution is 2.48. The zero-order valence-electron chi connectivity index (χ0n) is 35.6. The molecule has 0 aliphatic heterocycles. The fraction of sp³-hybridized carbons (Fsp3) is 0.302. The molecule has 0 fully saturated rings. The molecule has 9 aromatic rings. The van der Waals surface area contributed by atoms with E-state index in [9.17, 15) is 0 Å². The third-order valence-corrected chi connectivity index (χ3v) is 12.2. The van der Waals surface area contributed by atoms with Gasteiger partial charge in [-0.1, -0.05) is 126 Å². The third-order valence-electron chi connectivity index (χ3n) is 12.2. The largest absolute Gasteiger partial charge is 0.454 e. The Morgan fingerprint density at radius 1 is 0.421 bits per heavy atom. The normalized spacial score (nSPS) is 13.2. The molecule has 9 rings (SSSR count). The van der Waals surface area contributed by atoms with Gasteiger partial charge in [0.2, 0.25) is 5.69 Å². The first-order chi connectivity index (χ1) is 26.8. The fourth-order valence-corrected chi connectivity index (χ4v) is 8.73. The molecular formula is C53H53N3O. The van der Waals surface area contributed by atoms with Crippen LogP contribution in [0.2, 0.25) is 0 Å². The van der Waals surface area contributed by atoms with Gasteiger partial charge in [0, 0.05) is 32.3 Å². The summed E-state index contributed by atoms with van der Waals surface area (Å²) in [4.78, 5) is 4.39. The van der Waals surface area contributed by atoms with Crippen molar-refractivity contribution in [3.8, 4) is 11.4 Å². The Morgan fingerprint density at radius 2 is 0.789 bits per heavy atom. The lowest BCUT2D eigenvalue weighted by Crippen LogP contribution is -2.11. The van der Waals surface area contributed by atoms with Crippen LogP contribution < -0.4 is 0 Å². The summed E-state index contributed by atoms with van der Waals surface area (Å²) in [5.41, 5.74) is 13.1. The summed E-state index contributed by atoms with van der Waals surface area (Å²) in [6.45, 7) is 36.2. The number of rotatable bonds is 2. The first kappa shape index (κ1) is 36.8. The SMILES string of the molecule is [C-]#[N+]c1cc2c(oc3ccccc32)c(-n2c3ccc(C(C)(C)C)cc3c3cc(C(C)(C)C)ccc32)c1-n1c2ccc(C(C)(C)C)cc2c2cc(C(C)(C)C)ccc21. The van der Waals surface area contributed by atoms with E-state index in [0.29, 0.717) is 5.69 Å². The molecule has 0 unspecified atom stereocenters. The topological polar surface area (TPSA) is 27.4 Å². The van der Waals surface area contributed by atoms with Gasteiger partial charge in [0.05, 0.1) is 34.3 Å². The van der Waals surface area contributed by atoms with Crippen molar-refractivity contribution in [3.63, 3.8) is 0 Å². The summed E-state index contributed by atoms with van der Waals surface area (Å²) >= 11 is 0. The van der Waals surface area contributed by atoms with Crippen LogP contribution in [-0.2, 0) is 21.7 Å². The number of aromatic nitrogens is 2. The Morgan fingerprint density at radius 3 is 1.16 bits per heavy atom. The molecule has 6 aromatic carbocycles. The average molecular weight is 748 g/mol. The van der Waals surface area contributed by atoms with Crippen molar-refractivity contribution < 1.29 is 4.42 Å². The Labute approximate surface area is 336 Å². The molecule has 3 heterocycles. The van der Waals surface area contributed by atoms with Crippen molar-refractivity contribution >= 4 is 71.2 Å². The molecular weight excluding hydrogens is 695 g/mol. The summed E-state index contributed by atoms with van der Waals surface area (Å²) in [6, 6.07) is 38.0. The number of nitrogens with zero attached hydrogens (tertiary/aromatic N) is 3. The van der Waals surface area contributed by atoms with Crippen LogP contribution in [-0.4, -0.2) is 9.13 Å². The van der Waals surface area contributed by atoms with Gasteiger partial charge in [-0.05, 0) is 105 Å². The first-order valence-electron chi connectivity index (χ1n) is 20.3. The minimum absolute atomic E-state index is 0.0355. The lowest BCUT2D eigenvalue weighted by Gasteiger charge is -2.21. The number of hydrogen-bond donors (Lipinski definition) is 0. The first-order valence-corrected chi connectivity index (χ1v) is 20.3. The van der Waals surface area contributed by atoms with Crippen LogP contribution in [0.5, 0.6) is 0 Å². The molecule has 286 valence electrons. The molecule has 0 saturated heterocycles. The predicted octanol–water partition coefficient (Wildman–Crippen LogP) is 15.5. The van der Waals surface area contributed by atoms with E-state index in [1.807, 2.05) is 12.1 Å². The summed E-state index contributed by atoms with van der Waals surface area (Å²) < 4.78 is 11.8. The predicted molar refractivity (Wildman–Crippen MR) is 243 cm³/mol. The van der Waals surface area contributed by atoms with E-state index in [2.05, 4.69) is 188 Å². The minimum Gasteiger partial charge on any atom is -0.454 e. The van der Waals surface area contributed by atoms with Crippen molar-refractivity contribution in [1.82, 2.24) is 9.13 Å². The molecule has 0 atom stereocenters. The standard InChI is InChI=1S/C53H53N3O/c1-50(2,3)31-18-22-42-36(26-31)37-27-32(51(4,5)6)19-23-43(37)55(42)47-41(54-13)30-40-35-16-14-15-17-46(35)57-49(40)48(47)56-44-24-20-33(52(7,8)9)28-38(44)39-29-34(53(10,11)12)21-25-45(39)56/h14-30H,1-12H3. The van der Waals surface area contributed by atoms with Crippen LogP contribution in [0.4, 0.5) is 5.69 Å². The second-order valence-electron chi connectivity index (χ2n) is 20.3. The van der Waals surface area contributed by atoms with Crippen molar-refractivity contribution in [3.05, 3.63) is 137 Å². The maximum absolute atomic E-state index is 8.89. The molecule has 0 radical (unpaired) electrons. The second-order valence-corrected chi connectivity index (χ2v) is 20.3. The van der Waals surface area contributed by atoms with E-state index in [4.69, 9.17) is 11.0 Å². The van der Waals surface area contributed by atoms with Crippen molar-refractivity contribution in [1.29, 1.82) is 0 Å². The molecule has 0 N–H and O–H groups in total. The van der Waals surface area contributed by atoms with Crippen molar-refractivity contribution in [2.24, 2.45) is 0 Å². The lowest BCUT2D eigenvalue weighted by molar-refractivity contribution is 0.590. The van der Waals surface area contributed by atoms with Crippen molar-refractivity contribution in [2.75, 3.05) is 0 Å². The molecule has 4 nitrogen and oxygen atoms in total. The lowest BCUT2D eigenvalue weighted by atomic mass is 9.85. The Kier molecular flexibility index (Phi) is 7.82. The van der Waals surface area contributed by atoms with Gasteiger partial charge in [0.25, 0.3) is 0 Å². The Hall–Kier alpha value is -5.79. The molecule has 0 aliphatic carbocycles. The summed E-state index contributed by atoms with van der Waals surface area (Å²) in [5, 5.41) is 6.69. The quantitative estimate of drug-likeness (QED) is 0.162. The monoisotopic (exact) mass is 747 g/mol. The molecule has 4 heteroatoms. The van der Waals surface area contributed by atoms with Crippen LogP contribution in [0.1, 0.15) is 105 Å². The van der Waals surface area contributed by atoms with E-state index in [1.54, 1.807) is 0 Å². The summed E-state index contributed by atoms with van der Waals surface area (Å²) in [7, 11) is 0. The van der Waals surface area contributed by atoms with Crippen LogP contribution in [0.3, 0.4) is 0 Å². The maximum atomic E-state index is 8.89. The van der Waals surface area contributed by atoms with Gasteiger partial charge in [0.15, 0.2) is 5.58 Å². The molecule has 3 aromatic heterocycles. The van der Waals surface area contributed by atoms with E-state index in [1.165, 1.54) is 43.8 Å². The molecule has 0 aliphatic rings. The Balaban J connectivity index is 1.53. The zero-order chi connectivity index (χ0) is 40.6. The number of furan rings is 1. The van der Waals surface area contributed by atoms with Crippen LogP contribution in [0, 0.1) is 6.57 Å². The molecule has 0 bridgehead atoms. The van der Waals surface area contributed by atoms with E-state index >= 15 is 0 Å². The zero-order valence-corrected chi connectivity index (χ0v) is 35.6. The van der Waals surface area contributed by atoms with Crippen molar-refractivity contribution in [2.45, 2.75) is 105 Å². The van der Waals surface area contributed by atoms with Crippen LogP contribution in [0.25, 0.3) is 81.8 Å². The summed E-state index contributed by atoms with van der Waals surface area (Å²) in [6.07, 6.45) is 0. The van der Waals surface area contributed by atoms with Crippen LogP contribution in [0.15, 0.2) is 108 Å². The van der Waals surface area contributed by atoms with Gasteiger partial charge in [-0.25, -0.2) is 4.85 Å². The average Bonchev–Trinajstić information content (AvgIpc) is 3.79. The Bertz CT molecular complexity index is 3020. The smallest absolute Gasteiger partial charge is 0.213 e. The van der Waals surface area contributed by atoms with Gasteiger partial charge in [-0.2, -0.15) is 0 Å². The minimum atomic E-state index is -0.0366. The van der Waals surface area contributed by atoms with Gasteiger partial charge in [-0.3, -0.25) is 0 Å².